The van der Waals surface area contributed by atoms with Gasteiger partial charge in [0.1, 0.15) is 10.6 Å². The molecule has 9 heteroatoms. The highest BCUT2D eigenvalue weighted by Crippen LogP contribution is 2.27. The van der Waals surface area contributed by atoms with E-state index in [2.05, 4.69) is 15.9 Å². The molecule has 0 bridgehead atoms. The second-order valence-electron chi connectivity index (χ2n) is 4.43. The number of hydrogen-bond acceptors (Lipinski definition) is 6. The molecule has 122 valence electrons. The number of rotatable bonds is 5. The standard InChI is InChI=1S/C13H16BrNO6S/c1-2-20-10-4-3-9(14)7-12(10)22(17,18)15-13(16)11-8-19-5-6-21-11/h3-4,7,11H,2,5-6,8H2,1H3,(H,15,16)/t11-/m1/s1. The second kappa shape index (κ2) is 7.40. The van der Waals surface area contributed by atoms with Crippen molar-refractivity contribution < 1.29 is 27.4 Å². The maximum atomic E-state index is 12.4. The summed E-state index contributed by atoms with van der Waals surface area (Å²) in [5, 5.41) is 0. The van der Waals surface area contributed by atoms with Gasteiger partial charge in [-0.05, 0) is 25.1 Å². The van der Waals surface area contributed by atoms with Crippen LogP contribution in [0.25, 0.3) is 0 Å². The number of nitrogens with one attached hydrogen (secondary N) is 1. The van der Waals surface area contributed by atoms with E-state index in [0.717, 1.165) is 0 Å². The summed E-state index contributed by atoms with van der Waals surface area (Å²) in [7, 11) is -4.07. The van der Waals surface area contributed by atoms with Gasteiger partial charge in [-0.1, -0.05) is 15.9 Å². The summed E-state index contributed by atoms with van der Waals surface area (Å²) in [6.07, 6.45) is -0.939. The topological polar surface area (TPSA) is 90.9 Å². The van der Waals surface area contributed by atoms with E-state index in [-0.39, 0.29) is 23.9 Å². The normalized spacial score (nSPS) is 18.7. The van der Waals surface area contributed by atoms with Crippen molar-refractivity contribution in [1.82, 2.24) is 4.72 Å². The number of halogens is 1. The van der Waals surface area contributed by atoms with Crippen LogP contribution in [0.4, 0.5) is 0 Å². The summed E-state index contributed by atoms with van der Waals surface area (Å²) in [5.41, 5.74) is 0. The fraction of sp³-hybridized carbons (Fsp3) is 0.462. The van der Waals surface area contributed by atoms with Crippen LogP contribution in [0, 0.1) is 0 Å². The zero-order valence-electron chi connectivity index (χ0n) is 11.9. The number of ether oxygens (including phenoxy) is 3. The fourth-order valence-electron chi connectivity index (χ4n) is 1.86. The van der Waals surface area contributed by atoms with Gasteiger partial charge in [0.2, 0.25) is 0 Å². The van der Waals surface area contributed by atoms with Crippen LogP contribution in [0.1, 0.15) is 6.92 Å². The molecule has 2 rings (SSSR count). The molecule has 22 heavy (non-hydrogen) atoms. The van der Waals surface area contributed by atoms with Crippen molar-refractivity contribution in [3.05, 3.63) is 22.7 Å². The van der Waals surface area contributed by atoms with Gasteiger partial charge in [0, 0.05) is 4.47 Å². The first-order valence-electron chi connectivity index (χ1n) is 6.62. The lowest BCUT2D eigenvalue weighted by Crippen LogP contribution is -2.45. The van der Waals surface area contributed by atoms with Crippen molar-refractivity contribution in [2.45, 2.75) is 17.9 Å². The van der Waals surface area contributed by atoms with E-state index in [1.807, 2.05) is 4.72 Å². The van der Waals surface area contributed by atoms with Crippen LogP contribution in [-0.4, -0.2) is 46.9 Å². The lowest BCUT2D eigenvalue weighted by molar-refractivity contribution is -0.145. The van der Waals surface area contributed by atoms with E-state index >= 15 is 0 Å². The zero-order chi connectivity index (χ0) is 16.2. The minimum absolute atomic E-state index is 0.0259. The minimum Gasteiger partial charge on any atom is -0.492 e. The number of hydrogen-bond donors (Lipinski definition) is 1. The predicted octanol–water partition coefficient (Wildman–Crippen LogP) is 1.07. The van der Waals surface area contributed by atoms with Gasteiger partial charge >= 0.3 is 0 Å². The third kappa shape index (κ3) is 4.19. The van der Waals surface area contributed by atoms with Gasteiger partial charge in [-0.15, -0.1) is 0 Å². The van der Waals surface area contributed by atoms with Gasteiger partial charge in [-0.3, -0.25) is 4.79 Å². The molecule has 0 radical (unpaired) electrons. The lowest BCUT2D eigenvalue weighted by Gasteiger charge is -2.22. The first kappa shape index (κ1) is 17.2. The molecule has 1 N–H and O–H groups in total. The predicted molar refractivity (Wildman–Crippen MR) is 81.2 cm³/mol. The summed E-state index contributed by atoms with van der Waals surface area (Å²) >= 11 is 3.21. The Morgan fingerprint density at radius 1 is 1.45 bits per heavy atom. The van der Waals surface area contributed by atoms with E-state index in [1.165, 1.54) is 12.1 Å². The minimum atomic E-state index is -4.07. The zero-order valence-corrected chi connectivity index (χ0v) is 14.3. The van der Waals surface area contributed by atoms with Crippen LogP contribution in [-0.2, 0) is 24.3 Å². The Balaban J connectivity index is 2.22. The molecular weight excluding hydrogens is 378 g/mol. The van der Waals surface area contributed by atoms with Crippen molar-refractivity contribution in [2.24, 2.45) is 0 Å². The number of sulfonamides is 1. The van der Waals surface area contributed by atoms with E-state index < -0.39 is 22.0 Å². The molecule has 1 aromatic carbocycles. The maximum absolute atomic E-state index is 12.4. The highest BCUT2D eigenvalue weighted by Gasteiger charge is 2.29. The summed E-state index contributed by atoms with van der Waals surface area (Å²) in [4.78, 5) is 11.9. The van der Waals surface area contributed by atoms with E-state index in [9.17, 15) is 13.2 Å². The molecule has 0 aliphatic carbocycles. The molecule has 0 spiro atoms. The van der Waals surface area contributed by atoms with E-state index in [4.69, 9.17) is 14.2 Å². The molecule has 1 aromatic rings. The molecule has 1 heterocycles. The van der Waals surface area contributed by atoms with Gasteiger partial charge in [-0.25, -0.2) is 13.1 Å². The summed E-state index contributed by atoms with van der Waals surface area (Å²) in [6, 6.07) is 4.55. The molecular formula is C13H16BrNO6S. The second-order valence-corrected chi connectivity index (χ2v) is 6.99. The monoisotopic (exact) mass is 393 g/mol. The fourth-order valence-corrected chi connectivity index (χ4v) is 3.55. The van der Waals surface area contributed by atoms with Crippen LogP contribution >= 0.6 is 15.9 Å². The molecule has 0 aromatic heterocycles. The smallest absolute Gasteiger partial charge is 0.267 e. The van der Waals surface area contributed by atoms with E-state index in [0.29, 0.717) is 17.7 Å². The Kier molecular flexibility index (Phi) is 5.79. The maximum Gasteiger partial charge on any atom is 0.267 e. The molecule has 7 nitrogen and oxygen atoms in total. The highest BCUT2D eigenvalue weighted by molar-refractivity contribution is 9.10. The Morgan fingerprint density at radius 2 is 2.23 bits per heavy atom. The summed E-state index contributed by atoms with van der Waals surface area (Å²) < 4.78 is 42.9. The molecule has 0 unspecified atom stereocenters. The van der Waals surface area contributed by atoms with Crippen LogP contribution in [0.2, 0.25) is 0 Å². The third-order valence-electron chi connectivity index (χ3n) is 2.84. The molecule has 1 atom stereocenters. The molecule has 1 saturated heterocycles. The first-order valence-corrected chi connectivity index (χ1v) is 8.90. The molecule has 1 aliphatic rings. The lowest BCUT2D eigenvalue weighted by atomic mass is 10.3. The quantitative estimate of drug-likeness (QED) is 0.804. The number of carbonyl (C=O) groups is 1. The Bertz CT molecular complexity index is 642. The first-order chi connectivity index (χ1) is 10.4. The number of benzene rings is 1. The molecule has 1 aliphatic heterocycles. The average Bonchev–Trinajstić information content (AvgIpc) is 2.49. The number of amides is 1. The SMILES string of the molecule is CCOc1ccc(Br)cc1S(=O)(=O)NC(=O)[C@H]1COCCO1. The van der Waals surface area contributed by atoms with Crippen LogP contribution < -0.4 is 9.46 Å². The summed E-state index contributed by atoms with van der Waals surface area (Å²) in [5.74, 6) is -0.589. The average molecular weight is 394 g/mol. The van der Waals surface area contributed by atoms with Crippen molar-refractivity contribution in [2.75, 3.05) is 26.4 Å². The highest BCUT2D eigenvalue weighted by atomic mass is 79.9. The summed E-state index contributed by atoms with van der Waals surface area (Å²) in [6.45, 7) is 2.70. The van der Waals surface area contributed by atoms with Gasteiger partial charge < -0.3 is 14.2 Å². The van der Waals surface area contributed by atoms with E-state index in [1.54, 1.807) is 13.0 Å². The van der Waals surface area contributed by atoms with Gasteiger partial charge in [-0.2, -0.15) is 0 Å². The molecule has 0 saturated carbocycles. The van der Waals surface area contributed by atoms with Crippen LogP contribution in [0.3, 0.4) is 0 Å². The van der Waals surface area contributed by atoms with Crippen LogP contribution in [0.15, 0.2) is 27.6 Å². The van der Waals surface area contributed by atoms with Crippen molar-refractivity contribution in [3.63, 3.8) is 0 Å². The van der Waals surface area contributed by atoms with Gasteiger partial charge in [0.05, 0.1) is 26.4 Å². The van der Waals surface area contributed by atoms with Crippen molar-refractivity contribution in [1.29, 1.82) is 0 Å². The molecule has 1 amide bonds. The van der Waals surface area contributed by atoms with Crippen LogP contribution in [0.5, 0.6) is 5.75 Å². The number of carbonyl (C=O) groups excluding carboxylic acids is 1. The third-order valence-corrected chi connectivity index (χ3v) is 4.70. The Morgan fingerprint density at radius 3 is 2.86 bits per heavy atom. The Hall–Kier alpha value is -1.16. The largest absolute Gasteiger partial charge is 0.492 e. The van der Waals surface area contributed by atoms with Gasteiger partial charge in [0.15, 0.2) is 6.10 Å². The van der Waals surface area contributed by atoms with Crippen molar-refractivity contribution >= 4 is 31.9 Å². The Labute approximate surface area is 137 Å². The van der Waals surface area contributed by atoms with Crippen molar-refractivity contribution in [3.8, 4) is 5.75 Å². The molecule has 1 fully saturated rings. The van der Waals surface area contributed by atoms with Gasteiger partial charge in [0.25, 0.3) is 15.9 Å².